The lowest BCUT2D eigenvalue weighted by molar-refractivity contribution is -0.155. The van der Waals surface area contributed by atoms with Crippen molar-refractivity contribution in [3.8, 4) is 0 Å². The van der Waals surface area contributed by atoms with E-state index >= 15 is 0 Å². The molecule has 38 heavy (non-hydrogen) atoms. The number of fused-ring (bicyclic) bond motifs is 1. The molecule has 6 nitrogen and oxygen atoms in total. The topological polar surface area (TPSA) is 91.0 Å². The number of carbonyl (C=O) groups is 1. The SMILES string of the molecule is C[C@@H](c1ccc(C2=C3C(N)=NC=CN3C(C3CC[C@](C)(C(=O)O)C3(C)C)N2)cc1)c1cccc(C(F)F)c1. The lowest BCUT2D eigenvalue weighted by atomic mass is 9.65. The highest BCUT2D eigenvalue weighted by molar-refractivity contribution is 6.05. The number of rotatable bonds is 6. The van der Waals surface area contributed by atoms with Gasteiger partial charge in [-0.05, 0) is 47.9 Å². The van der Waals surface area contributed by atoms with Gasteiger partial charge in [0.2, 0.25) is 0 Å². The highest BCUT2D eigenvalue weighted by atomic mass is 19.3. The molecule has 2 aromatic carbocycles. The molecule has 1 saturated carbocycles. The molecule has 0 saturated heterocycles. The van der Waals surface area contributed by atoms with E-state index in [4.69, 9.17) is 5.73 Å². The average Bonchev–Trinajstić information content (AvgIpc) is 3.39. The molecule has 0 radical (unpaired) electrons. The first-order valence-corrected chi connectivity index (χ1v) is 13.0. The van der Waals surface area contributed by atoms with E-state index in [0.29, 0.717) is 12.3 Å². The van der Waals surface area contributed by atoms with E-state index in [1.165, 1.54) is 6.07 Å². The maximum atomic E-state index is 13.2. The Balaban J connectivity index is 1.45. The fourth-order valence-corrected chi connectivity index (χ4v) is 6.31. The summed E-state index contributed by atoms with van der Waals surface area (Å²) in [5.74, 6) is -0.377. The Morgan fingerprint density at radius 3 is 2.45 bits per heavy atom. The molecule has 4 N–H and O–H groups in total. The van der Waals surface area contributed by atoms with Crippen LogP contribution in [0.5, 0.6) is 0 Å². The number of alkyl halides is 2. The van der Waals surface area contributed by atoms with Gasteiger partial charge in [0, 0.05) is 29.8 Å². The first-order chi connectivity index (χ1) is 18.0. The summed E-state index contributed by atoms with van der Waals surface area (Å²) in [6.07, 6.45) is 2.27. The van der Waals surface area contributed by atoms with Crippen LogP contribution in [0.3, 0.4) is 0 Å². The van der Waals surface area contributed by atoms with Crippen molar-refractivity contribution < 1.29 is 18.7 Å². The lowest BCUT2D eigenvalue weighted by Gasteiger charge is -2.43. The fraction of sp³-hybridized carbons (Fsp3) is 0.400. The Hall–Kier alpha value is -3.68. The van der Waals surface area contributed by atoms with Crippen LogP contribution in [0, 0.1) is 16.7 Å². The Labute approximate surface area is 221 Å². The van der Waals surface area contributed by atoms with Crippen molar-refractivity contribution >= 4 is 17.5 Å². The molecule has 2 unspecified atom stereocenters. The Bertz CT molecular complexity index is 1350. The molecule has 3 aliphatic rings. The third-order valence-corrected chi connectivity index (χ3v) is 9.29. The first-order valence-electron chi connectivity index (χ1n) is 13.0. The third kappa shape index (κ3) is 3.97. The largest absolute Gasteiger partial charge is 0.481 e. The Morgan fingerprint density at radius 1 is 1.13 bits per heavy atom. The number of carboxylic acid groups (broad SMARTS) is 1. The van der Waals surface area contributed by atoms with Gasteiger partial charge >= 0.3 is 5.97 Å². The predicted molar refractivity (Wildman–Crippen MR) is 144 cm³/mol. The monoisotopic (exact) mass is 520 g/mol. The summed E-state index contributed by atoms with van der Waals surface area (Å²) in [6, 6.07) is 14.6. The van der Waals surface area contributed by atoms with Gasteiger partial charge in [0.05, 0.1) is 11.1 Å². The van der Waals surface area contributed by atoms with E-state index in [2.05, 4.69) is 15.2 Å². The number of amidine groups is 1. The highest BCUT2D eigenvalue weighted by Gasteiger charge is 2.59. The quantitative estimate of drug-likeness (QED) is 0.432. The third-order valence-electron chi connectivity index (χ3n) is 9.29. The van der Waals surface area contributed by atoms with Crippen LogP contribution in [0.25, 0.3) is 5.70 Å². The number of aliphatic carboxylic acids is 1. The minimum atomic E-state index is -2.50. The summed E-state index contributed by atoms with van der Waals surface area (Å²) < 4.78 is 26.4. The molecule has 1 aliphatic carbocycles. The van der Waals surface area contributed by atoms with E-state index in [9.17, 15) is 18.7 Å². The molecule has 0 bridgehead atoms. The fourth-order valence-electron chi connectivity index (χ4n) is 6.31. The molecule has 0 aromatic heterocycles. The van der Waals surface area contributed by atoms with Gasteiger partial charge in [-0.1, -0.05) is 63.2 Å². The normalized spacial score (nSPS) is 26.8. The zero-order valence-corrected chi connectivity index (χ0v) is 22.1. The van der Waals surface area contributed by atoms with Crippen LogP contribution in [-0.4, -0.2) is 28.0 Å². The van der Waals surface area contributed by atoms with Crippen molar-refractivity contribution in [2.75, 3.05) is 0 Å². The molecule has 2 aromatic rings. The summed E-state index contributed by atoms with van der Waals surface area (Å²) in [5, 5.41) is 13.7. The summed E-state index contributed by atoms with van der Waals surface area (Å²) >= 11 is 0. The summed E-state index contributed by atoms with van der Waals surface area (Å²) in [7, 11) is 0. The second kappa shape index (κ2) is 9.26. The summed E-state index contributed by atoms with van der Waals surface area (Å²) in [6.45, 7) is 7.94. The lowest BCUT2D eigenvalue weighted by Crippen LogP contribution is -2.50. The minimum absolute atomic E-state index is 0.0214. The van der Waals surface area contributed by atoms with Crippen LogP contribution in [0.2, 0.25) is 0 Å². The van der Waals surface area contributed by atoms with Gasteiger partial charge in [0.15, 0.2) is 0 Å². The number of hydrogen-bond acceptors (Lipinski definition) is 5. The van der Waals surface area contributed by atoms with Crippen LogP contribution in [-0.2, 0) is 4.79 Å². The molecule has 4 atom stereocenters. The molecule has 1 fully saturated rings. The maximum Gasteiger partial charge on any atom is 0.309 e. The smallest absolute Gasteiger partial charge is 0.309 e. The molecular formula is C30H34F2N4O2. The first kappa shape index (κ1) is 25.9. The van der Waals surface area contributed by atoms with Gasteiger partial charge in [-0.15, -0.1) is 0 Å². The van der Waals surface area contributed by atoms with Crippen molar-refractivity contribution in [3.05, 3.63) is 88.9 Å². The number of carboxylic acids is 1. The van der Waals surface area contributed by atoms with E-state index in [0.717, 1.165) is 34.5 Å². The minimum Gasteiger partial charge on any atom is -0.481 e. The van der Waals surface area contributed by atoms with Crippen LogP contribution >= 0.6 is 0 Å². The zero-order chi connectivity index (χ0) is 27.4. The highest BCUT2D eigenvalue weighted by Crippen LogP contribution is 2.58. The molecule has 200 valence electrons. The van der Waals surface area contributed by atoms with Gasteiger partial charge in [0.25, 0.3) is 6.43 Å². The van der Waals surface area contributed by atoms with Gasteiger partial charge in [0.1, 0.15) is 17.7 Å². The van der Waals surface area contributed by atoms with Crippen molar-refractivity contribution in [2.45, 2.75) is 59.0 Å². The second-order valence-corrected chi connectivity index (χ2v) is 11.4. The van der Waals surface area contributed by atoms with Gasteiger partial charge in [-0.3, -0.25) is 4.79 Å². The Kier molecular flexibility index (Phi) is 6.32. The number of nitrogens with two attached hydrogens (primary N) is 1. The number of benzene rings is 2. The van der Waals surface area contributed by atoms with E-state index in [-0.39, 0.29) is 23.6 Å². The van der Waals surface area contributed by atoms with Crippen LogP contribution in [0.4, 0.5) is 8.78 Å². The molecule has 2 aliphatic heterocycles. The number of halogens is 2. The number of nitrogens with zero attached hydrogens (tertiary/aromatic N) is 2. The molecular weight excluding hydrogens is 486 g/mol. The van der Waals surface area contributed by atoms with Crippen LogP contribution in [0.15, 0.2) is 71.6 Å². The van der Waals surface area contributed by atoms with Crippen molar-refractivity contribution in [3.63, 3.8) is 0 Å². The molecule has 2 heterocycles. The molecule has 8 heteroatoms. The number of hydrogen-bond donors (Lipinski definition) is 3. The van der Waals surface area contributed by atoms with Gasteiger partial charge in [-0.2, -0.15) is 0 Å². The van der Waals surface area contributed by atoms with E-state index < -0.39 is 23.2 Å². The average molecular weight is 521 g/mol. The molecule has 5 rings (SSSR count). The summed E-state index contributed by atoms with van der Waals surface area (Å²) in [5.41, 5.74) is 9.49. The number of aliphatic imine (C=N–C) groups is 1. The van der Waals surface area contributed by atoms with Crippen LogP contribution < -0.4 is 11.1 Å². The van der Waals surface area contributed by atoms with E-state index in [1.807, 2.05) is 64.2 Å². The predicted octanol–water partition coefficient (Wildman–Crippen LogP) is 6.05. The van der Waals surface area contributed by atoms with E-state index in [1.54, 1.807) is 18.3 Å². The molecule has 0 amide bonds. The molecule has 0 spiro atoms. The summed E-state index contributed by atoms with van der Waals surface area (Å²) in [4.78, 5) is 18.6. The van der Waals surface area contributed by atoms with Crippen molar-refractivity contribution in [1.82, 2.24) is 10.2 Å². The van der Waals surface area contributed by atoms with Crippen LogP contribution in [0.1, 0.15) is 75.1 Å². The second-order valence-electron chi connectivity index (χ2n) is 11.4. The van der Waals surface area contributed by atoms with Gasteiger partial charge < -0.3 is 21.1 Å². The zero-order valence-electron chi connectivity index (χ0n) is 22.1. The van der Waals surface area contributed by atoms with Crippen molar-refractivity contribution in [1.29, 1.82) is 0 Å². The maximum absolute atomic E-state index is 13.2. The number of nitrogens with one attached hydrogen (secondary N) is 1. The standard InChI is InChI=1S/C30H34F2N4O2/c1-17(20-6-5-7-21(16-20)25(31)32)18-8-10-19(11-9-18)23-24-26(33)34-14-15-36(24)27(35-23)22-12-13-30(4,28(37)38)29(22,2)3/h5-11,14-17,22,25,27,35H,12-13H2,1-4H3,(H2,33,34)(H,37,38)/t17-,22?,27?,30+/m0/s1. The van der Waals surface area contributed by atoms with Crippen molar-refractivity contribution in [2.24, 2.45) is 27.5 Å². The Morgan fingerprint density at radius 2 is 1.82 bits per heavy atom. The van der Waals surface area contributed by atoms with Gasteiger partial charge in [-0.25, -0.2) is 13.8 Å².